The minimum Gasteiger partial charge on any atom is -0.310 e. The average molecular weight is 343 g/mol. The SMILES string of the molecule is CC(C)(C)NCCN1C(=O)C(=O)c2cc(F)cc(Br)c21. The second kappa shape index (κ2) is 5.26. The maximum absolute atomic E-state index is 13.3. The Hall–Kier alpha value is -1.27. The molecule has 1 N–H and O–H groups in total. The number of amides is 1. The number of nitrogens with one attached hydrogen (secondary N) is 1. The van der Waals surface area contributed by atoms with Crippen LogP contribution in [-0.2, 0) is 4.79 Å². The smallest absolute Gasteiger partial charge is 0.299 e. The number of halogens is 2. The van der Waals surface area contributed by atoms with E-state index in [-0.39, 0.29) is 11.1 Å². The molecule has 0 saturated carbocycles. The van der Waals surface area contributed by atoms with Crippen molar-refractivity contribution in [2.45, 2.75) is 26.3 Å². The van der Waals surface area contributed by atoms with Gasteiger partial charge in [0, 0.05) is 23.1 Å². The minimum absolute atomic E-state index is 0.0738. The van der Waals surface area contributed by atoms with Gasteiger partial charge in [0.05, 0.1) is 11.3 Å². The van der Waals surface area contributed by atoms with Gasteiger partial charge in [-0.2, -0.15) is 0 Å². The molecule has 2 rings (SSSR count). The number of carbonyl (C=O) groups is 2. The van der Waals surface area contributed by atoms with Crippen molar-refractivity contribution in [2.24, 2.45) is 0 Å². The van der Waals surface area contributed by atoms with Crippen LogP contribution in [0.5, 0.6) is 0 Å². The van der Waals surface area contributed by atoms with Crippen LogP contribution >= 0.6 is 15.9 Å². The fraction of sp³-hybridized carbons (Fsp3) is 0.429. The molecule has 1 aliphatic heterocycles. The number of carbonyl (C=O) groups excluding carboxylic acids is 2. The monoisotopic (exact) mass is 342 g/mol. The Morgan fingerprint density at radius 2 is 1.95 bits per heavy atom. The van der Waals surface area contributed by atoms with Gasteiger partial charge in [-0.25, -0.2) is 4.39 Å². The molecule has 0 saturated heterocycles. The molecule has 0 atom stereocenters. The van der Waals surface area contributed by atoms with Crippen LogP contribution in [0, 0.1) is 5.82 Å². The lowest BCUT2D eigenvalue weighted by Crippen LogP contribution is -2.42. The number of rotatable bonds is 3. The first-order chi connectivity index (χ1) is 9.20. The highest BCUT2D eigenvalue weighted by molar-refractivity contribution is 9.10. The molecule has 0 unspecified atom stereocenters. The predicted octanol–water partition coefficient (Wildman–Crippen LogP) is 2.51. The van der Waals surface area contributed by atoms with Crippen LogP contribution in [-0.4, -0.2) is 30.3 Å². The summed E-state index contributed by atoms with van der Waals surface area (Å²) in [7, 11) is 0. The molecule has 0 spiro atoms. The van der Waals surface area contributed by atoms with Gasteiger partial charge in [0.2, 0.25) is 0 Å². The first-order valence-corrected chi connectivity index (χ1v) is 7.10. The van der Waals surface area contributed by atoms with Crippen LogP contribution in [0.2, 0.25) is 0 Å². The van der Waals surface area contributed by atoms with Gasteiger partial charge < -0.3 is 10.2 Å². The summed E-state index contributed by atoms with van der Waals surface area (Å²) in [5.41, 5.74) is 0.505. The maximum Gasteiger partial charge on any atom is 0.299 e. The summed E-state index contributed by atoms with van der Waals surface area (Å²) < 4.78 is 13.8. The lowest BCUT2D eigenvalue weighted by atomic mass is 10.1. The summed E-state index contributed by atoms with van der Waals surface area (Å²) in [6.07, 6.45) is 0. The molecule has 0 aromatic heterocycles. The van der Waals surface area contributed by atoms with E-state index in [1.54, 1.807) is 0 Å². The zero-order chi connectivity index (χ0) is 15.1. The van der Waals surface area contributed by atoms with E-state index in [0.717, 1.165) is 6.07 Å². The molecular formula is C14H16BrFN2O2. The standard InChI is InChI=1S/C14H16BrFN2O2/c1-14(2,3)17-4-5-18-11-9(12(19)13(18)20)6-8(16)7-10(11)15/h6-7,17H,4-5H2,1-3H3. The molecule has 0 radical (unpaired) electrons. The molecule has 20 heavy (non-hydrogen) atoms. The fourth-order valence-electron chi connectivity index (χ4n) is 2.11. The zero-order valence-electron chi connectivity index (χ0n) is 11.6. The van der Waals surface area contributed by atoms with E-state index in [0.29, 0.717) is 23.2 Å². The van der Waals surface area contributed by atoms with Crippen molar-refractivity contribution in [2.75, 3.05) is 18.0 Å². The highest BCUT2D eigenvalue weighted by Crippen LogP contribution is 2.36. The fourth-order valence-corrected chi connectivity index (χ4v) is 2.76. The quantitative estimate of drug-likeness (QED) is 0.858. The van der Waals surface area contributed by atoms with Gasteiger partial charge in [-0.3, -0.25) is 9.59 Å². The number of fused-ring (bicyclic) bond motifs is 1. The van der Waals surface area contributed by atoms with Gasteiger partial charge in [0.15, 0.2) is 0 Å². The van der Waals surface area contributed by atoms with E-state index in [9.17, 15) is 14.0 Å². The minimum atomic E-state index is -0.657. The Balaban J connectivity index is 2.25. The first kappa shape index (κ1) is 15.1. The lowest BCUT2D eigenvalue weighted by Gasteiger charge is -2.24. The number of hydrogen-bond acceptors (Lipinski definition) is 3. The topological polar surface area (TPSA) is 49.4 Å². The van der Waals surface area contributed by atoms with E-state index in [4.69, 9.17) is 0 Å². The van der Waals surface area contributed by atoms with E-state index < -0.39 is 17.5 Å². The highest BCUT2D eigenvalue weighted by Gasteiger charge is 2.37. The summed E-state index contributed by atoms with van der Waals surface area (Å²) in [5, 5.41) is 3.25. The van der Waals surface area contributed by atoms with Crippen molar-refractivity contribution in [3.63, 3.8) is 0 Å². The first-order valence-electron chi connectivity index (χ1n) is 6.31. The number of Topliss-reactive ketones (excluding diaryl/α,β-unsaturated/α-hetero) is 1. The molecule has 0 aliphatic carbocycles. The normalized spacial score (nSPS) is 14.9. The zero-order valence-corrected chi connectivity index (χ0v) is 13.2. The molecule has 108 valence electrons. The Bertz CT molecular complexity index is 581. The van der Waals surface area contributed by atoms with Gasteiger partial charge >= 0.3 is 0 Å². The van der Waals surface area contributed by atoms with Gasteiger partial charge in [-0.15, -0.1) is 0 Å². The van der Waals surface area contributed by atoms with Gasteiger partial charge in [-0.05, 0) is 48.8 Å². The van der Waals surface area contributed by atoms with E-state index >= 15 is 0 Å². The molecule has 1 heterocycles. The molecule has 1 aromatic carbocycles. The van der Waals surface area contributed by atoms with Crippen LogP contribution in [0.4, 0.5) is 10.1 Å². The van der Waals surface area contributed by atoms with Crippen LogP contribution in [0.1, 0.15) is 31.1 Å². The molecule has 1 aromatic rings. The summed E-state index contributed by atoms with van der Waals surface area (Å²) in [6, 6.07) is 2.37. The third-order valence-electron chi connectivity index (χ3n) is 2.97. The molecule has 1 amide bonds. The van der Waals surface area contributed by atoms with Crippen LogP contribution < -0.4 is 10.2 Å². The molecular weight excluding hydrogens is 327 g/mol. The third-order valence-corrected chi connectivity index (χ3v) is 3.58. The van der Waals surface area contributed by atoms with E-state index in [1.165, 1.54) is 11.0 Å². The average Bonchev–Trinajstić information content (AvgIpc) is 2.53. The third kappa shape index (κ3) is 2.91. The summed E-state index contributed by atoms with van der Waals surface area (Å²) in [5.74, 6) is -1.80. The van der Waals surface area contributed by atoms with Crippen molar-refractivity contribution in [3.8, 4) is 0 Å². The second-order valence-electron chi connectivity index (χ2n) is 5.75. The van der Waals surface area contributed by atoms with Crippen molar-refractivity contribution in [3.05, 3.63) is 28.0 Å². The summed E-state index contributed by atoms with van der Waals surface area (Å²) >= 11 is 3.22. The van der Waals surface area contributed by atoms with Crippen LogP contribution in [0.3, 0.4) is 0 Å². The van der Waals surface area contributed by atoms with Crippen molar-refractivity contribution in [1.29, 1.82) is 0 Å². The lowest BCUT2D eigenvalue weighted by molar-refractivity contribution is -0.114. The van der Waals surface area contributed by atoms with Crippen molar-refractivity contribution >= 4 is 33.3 Å². The highest BCUT2D eigenvalue weighted by atomic mass is 79.9. The Morgan fingerprint density at radius 1 is 1.30 bits per heavy atom. The number of nitrogens with zero attached hydrogens (tertiary/aromatic N) is 1. The van der Waals surface area contributed by atoms with E-state index in [1.807, 2.05) is 20.8 Å². The molecule has 4 nitrogen and oxygen atoms in total. The number of benzene rings is 1. The largest absolute Gasteiger partial charge is 0.310 e. The van der Waals surface area contributed by atoms with Crippen molar-refractivity contribution < 1.29 is 14.0 Å². The Kier molecular flexibility index (Phi) is 3.97. The van der Waals surface area contributed by atoms with Gasteiger partial charge in [0.25, 0.3) is 11.7 Å². The Labute approximate surface area is 125 Å². The van der Waals surface area contributed by atoms with E-state index in [2.05, 4.69) is 21.2 Å². The number of anilines is 1. The van der Waals surface area contributed by atoms with Gasteiger partial charge in [-0.1, -0.05) is 0 Å². The molecule has 0 bridgehead atoms. The Morgan fingerprint density at radius 3 is 2.55 bits per heavy atom. The maximum atomic E-state index is 13.3. The number of ketones is 1. The molecule has 6 heteroatoms. The number of hydrogen-bond donors (Lipinski definition) is 1. The molecule has 1 aliphatic rings. The van der Waals surface area contributed by atoms with Gasteiger partial charge in [0.1, 0.15) is 5.82 Å². The van der Waals surface area contributed by atoms with Crippen LogP contribution in [0.25, 0.3) is 0 Å². The van der Waals surface area contributed by atoms with Crippen molar-refractivity contribution in [1.82, 2.24) is 5.32 Å². The van der Waals surface area contributed by atoms with Crippen LogP contribution in [0.15, 0.2) is 16.6 Å². The predicted molar refractivity (Wildman–Crippen MR) is 78.5 cm³/mol. The summed E-state index contributed by atoms with van der Waals surface area (Å²) in [6.45, 7) is 6.96. The second-order valence-corrected chi connectivity index (χ2v) is 6.60. The summed E-state index contributed by atoms with van der Waals surface area (Å²) in [4.78, 5) is 25.2. The molecule has 0 fully saturated rings.